The Morgan fingerprint density at radius 3 is 2.24 bits per heavy atom. The minimum Gasteiger partial charge on any atom is -0.383 e. The molecule has 0 saturated carbocycles. The first kappa shape index (κ1) is 17.9. The van der Waals surface area contributed by atoms with Gasteiger partial charge in [-0.2, -0.15) is 0 Å². The van der Waals surface area contributed by atoms with Crippen LogP contribution in [0.25, 0.3) is 0 Å². The molecule has 1 unspecified atom stereocenters. The van der Waals surface area contributed by atoms with Gasteiger partial charge in [-0.25, -0.2) is 4.39 Å². The number of benzene rings is 2. The summed E-state index contributed by atoms with van der Waals surface area (Å²) in [5, 5.41) is 3.57. The summed E-state index contributed by atoms with van der Waals surface area (Å²) in [7, 11) is 4.16. The molecule has 3 rings (SSSR count). The van der Waals surface area contributed by atoms with E-state index in [4.69, 9.17) is 0 Å². The summed E-state index contributed by atoms with van der Waals surface area (Å²) >= 11 is 0. The van der Waals surface area contributed by atoms with Crippen LogP contribution in [0, 0.1) is 5.82 Å². The van der Waals surface area contributed by atoms with Gasteiger partial charge in [0.25, 0.3) is 0 Å². The summed E-state index contributed by atoms with van der Waals surface area (Å²) in [5.41, 5.74) is 3.62. The summed E-state index contributed by atoms with van der Waals surface area (Å²) in [4.78, 5) is 4.67. The molecule has 1 atom stereocenters. The molecule has 25 heavy (non-hydrogen) atoms. The van der Waals surface area contributed by atoms with Gasteiger partial charge in [-0.1, -0.05) is 24.3 Å². The highest BCUT2D eigenvalue weighted by atomic mass is 19.1. The van der Waals surface area contributed by atoms with Crippen molar-refractivity contribution in [3.8, 4) is 0 Å². The Hall–Kier alpha value is -1.91. The van der Waals surface area contributed by atoms with Crippen molar-refractivity contribution in [3.63, 3.8) is 0 Å². The fourth-order valence-corrected chi connectivity index (χ4v) is 3.50. The van der Waals surface area contributed by atoms with E-state index in [1.165, 1.54) is 24.0 Å². The molecule has 0 amide bonds. The molecule has 1 heterocycles. The van der Waals surface area contributed by atoms with Crippen LogP contribution in [0.5, 0.6) is 0 Å². The molecule has 134 valence electrons. The number of likely N-dealkylation sites (tertiary alicyclic amines) is 1. The molecule has 4 heteroatoms. The minimum absolute atomic E-state index is 0.173. The van der Waals surface area contributed by atoms with Crippen molar-refractivity contribution in [2.24, 2.45) is 0 Å². The first-order valence-electron chi connectivity index (χ1n) is 9.09. The topological polar surface area (TPSA) is 18.5 Å². The second kappa shape index (κ2) is 8.45. The maximum Gasteiger partial charge on any atom is 0.123 e. The summed E-state index contributed by atoms with van der Waals surface area (Å²) in [6, 6.07) is 15.9. The van der Waals surface area contributed by atoms with Crippen LogP contribution in [-0.2, 0) is 6.54 Å². The lowest BCUT2D eigenvalue weighted by molar-refractivity contribution is 0.256. The Balaban J connectivity index is 1.67. The zero-order chi connectivity index (χ0) is 17.6. The third-order valence-electron chi connectivity index (χ3n) is 4.79. The van der Waals surface area contributed by atoms with Crippen LogP contribution in [0.3, 0.4) is 0 Å². The van der Waals surface area contributed by atoms with Gasteiger partial charge in [0.15, 0.2) is 0 Å². The van der Waals surface area contributed by atoms with Crippen LogP contribution in [0.1, 0.15) is 30.0 Å². The molecular weight excluding hydrogens is 313 g/mol. The molecule has 0 radical (unpaired) electrons. The van der Waals surface area contributed by atoms with Gasteiger partial charge < -0.3 is 10.2 Å². The van der Waals surface area contributed by atoms with Gasteiger partial charge in [0.05, 0.1) is 6.04 Å². The number of hydrogen-bond acceptors (Lipinski definition) is 3. The standard InChI is InChI=1S/C21H28FN3/c1-24(2)16-17-5-11-20(12-6-17)23-15-21(25-13-3-4-14-25)18-7-9-19(22)10-8-18/h5-12,21,23H,3-4,13-16H2,1-2H3. The van der Waals surface area contributed by atoms with Crippen LogP contribution < -0.4 is 5.32 Å². The van der Waals surface area contributed by atoms with Gasteiger partial charge in [0, 0.05) is 18.8 Å². The van der Waals surface area contributed by atoms with Crippen LogP contribution in [0.15, 0.2) is 48.5 Å². The maximum atomic E-state index is 13.3. The smallest absolute Gasteiger partial charge is 0.123 e. The van der Waals surface area contributed by atoms with Crippen LogP contribution in [0.4, 0.5) is 10.1 Å². The Labute approximate surface area is 150 Å². The molecular formula is C21H28FN3. The van der Waals surface area contributed by atoms with E-state index in [1.807, 2.05) is 12.1 Å². The average Bonchev–Trinajstić information content (AvgIpc) is 3.12. The molecule has 0 aromatic heterocycles. The molecule has 2 aromatic carbocycles. The predicted octanol–water partition coefficient (Wildman–Crippen LogP) is 4.14. The summed E-state index contributed by atoms with van der Waals surface area (Å²) in [5.74, 6) is -0.173. The third kappa shape index (κ3) is 5.03. The normalized spacial score (nSPS) is 16.3. The highest BCUT2D eigenvalue weighted by molar-refractivity contribution is 5.45. The lowest BCUT2D eigenvalue weighted by Crippen LogP contribution is -2.31. The monoisotopic (exact) mass is 341 g/mol. The Kier molecular flexibility index (Phi) is 6.05. The first-order chi connectivity index (χ1) is 12.1. The molecule has 2 aromatic rings. The Morgan fingerprint density at radius 2 is 1.64 bits per heavy atom. The number of nitrogens with zero attached hydrogens (tertiary/aromatic N) is 2. The first-order valence-corrected chi connectivity index (χ1v) is 9.09. The van der Waals surface area contributed by atoms with E-state index in [2.05, 4.69) is 53.5 Å². The summed E-state index contributed by atoms with van der Waals surface area (Å²) < 4.78 is 13.3. The van der Waals surface area contributed by atoms with Crippen molar-refractivity contribution in [1.82, 2.24) is 9.80 Å². The second-order valence-electron chi connectivity index (χ2n) is 7.13. The number of nitrogens with one attached hydrogen (secondary N) is 1. The van der Waals surface area contributed by atoms with E-state index in [-0.39, 0.29) is 11.9 Å². The lowest BCUT2D eigenvalue weighted by atomic mass is 10.1. The van der Waals surface area contributed by atoms with Crippen LogP contribution >= 0.6 is 0 Å². The van der Waals surface area contributed by atoms with Crippen LogP contribution in [-0.4, -0.2) is 43.5 Å². The van der Waals surface area contributed by atoms with E-state index in [0.29, 0.717) is 0 Å². The van der Waals surface area contributed by atoms with Gasteiger partial charge in [-0.3, -0.25) is 4.90 Å². The fraction of sp³-hybridized carbons (Fsp3) is 0.429. The molecule has 3 nitrogen and oxygen atoms in total. The number of rotatable bonds is 7. The highest BCUT2D eigenvalue weighted by Crippen LogP contribution is 2.26. The fourth-order valence-electron chi connectivity index (χ4n) is 3.50. The van der Waals surface area contributed by atoms with Crippen molar-refractivity contribution < 1.29 is 4.39 Å². The predicted molar refractivity (Wildman–Crippen MR) is 102 cm³/mol. The Bertz CT molecular complexity index is 646. The molecule has 1 fully saturated rings. The van der Waals surface area contributed by atoms with E-state index in [0.717, 1.165) is 31.9 Å². The molecule has 1 aliphatic rings. The molecule has 1 aliphatic heterocycles. The van der Waals surface area contributed by atoms with Crippen molar-refractivity contribution in [2.45, 2.75) is 25.4 Å². The zero-order valence-electron chi connectivity index (χ0n) is 15.2. The van der Waals surface area contributed by atoms with Crippen LogP contribution in [0.2, 0.25) is 0 Å². The summed E-state index contributed by atoms with van der Waals surface area (Å²) in [6.45, 7) is 4.02. The zero-order valence-corrected chi connectivity index (χ0v) is 15.2. The lowest BCUT2D eigenvalue weighted by Gasteiger charge is -2.28. The van der Waals surface area contributed by atoms with Gasteiger partial charge in [0.1, 0.15) is 5.82 Å². The van der Waals surface area contributed by atoms with Crippen molar-refractivity contribution in [1.29, 1.82) is 0 Å². The molecule has 1 N–H and O–H groups in total. The minimum atomic E-state index is -0.173. The largest absolute Gasteiger partial charge is 0.383 e. The van der Waals surface area contributed by atoms with E-state index < -0.39 is 0 Å². The second-order valence-corrected chi connectivity index (χ2v) is 7.13. The Morgan fingerprint density at radius 1 is 1.00 bits per heavy atom. The highest BCUT2D eigenvalue weighted by Gasteiger charge is 2.23. The third-order valence-corrected chi connectivity index (χ3v) is 4.79. The van der Waals surface area contributed by atoms with Gasteiger partial charge in [0.2, 0.25) is 0 Å². The van der Waals surface area contributed by atoms with Crippen molar-refractivity contribution in [3.05, 3.63) is 65.5 Å². The molecule has 0 spiro atoms. The maximum absolute atomic E-state index is 13.3. The number of hydrogen-bond donors (Lipinski definition) is 1. The van der Waals surface area contributed by atoms with Crippen molar-refractivity contribution in [2.75, 3.05) is 39.0 Å². The molecule has 1 saturated heterocycles. The van der Waals surface area contributed by atoms with E-state index in [9.17, 15) is 4.39 Å². The molecule has 0 bridgehead atoms. The van der Waals surface area contributed by atoms with Gasteiger partial charge >= 0.3 is 0 Å². The van der Waals surface area contributed by atoms with E-state index in [1.54, 1.807) is 12.1 Å². The van der Waals surface area contributed by atoms with Crippen molar-refractivity contribution >= 4 is 5.69 Å². The quantitative estimate of drug-likeness (QED) is 0.817. The summed E-state index contributed by atoms with van der Waals surface area (Å²) in [6.07, 6.45) is 2.49. The number of anilines is 1. The average molecular weight is 341 g/mol. The van der Waals surface area contributed by atoms with Gasteiger partial charge in [-0.15, -0.1) is 0 Å². The van der Waals surface area contributed by atoms with Gasteiger partial charge in [-0.05, 0) is 75.4 Å². The SMILES string of the molecule is CN(C)Cc1ccc(NCC(c2ccc(F)cc2)N2CCCC2)cc1. The van der Waals surface area contributed by atoms with E-state index >= 15 is 0 Å². The molecule has 0 aliphatic carbocycles. The number of halogens is 1.